The van der Waals surface area contributed by atoms with Crippen molar-refractivity contribution in [1.29, 1.82) is 0 Å². The number of H-pyrrole nitrogens is 2. The summed E-state index contributed by atoms with van der Waals surface area (Å²) in [7, 11) is 0. The van der Waals surface area contributed by atoms with Crippen molar-refractivity contribution in [2.24, 2.45) is 0 Å². The molecule has 2 aromatic heterocycles. The SMILES string of the molecule is Cc1nc[nH]c1CSCCNc1nc(=O)cn[nH]1. The lowest BCUT2D eigenvalue weighted by atomic mass is 10.4. The van der Waals surface area contributed by atoms with E-state index < -0.39 is 0 Å². The van der Waals surface area contributed by atoms with Gasteiger partial charge in [-0.3, -0.25) is 4.79 Å². The molecule has 0 aromatic carbocycles. The summed E-state index contributed by atoms with van der Waals surface area (Å²) in [5, 5.41) is 9.28. The number of aromatic amines is 2. The van der Waals surface area contributed by atoms with Crippen LogP contribution in [0.4, 0.5) is 5.95 Å². The molecule has 2 rings (SSSR count). The highest BCUT2D eigenvalue weighted by Crippen LogP contribution is 2.11. The standard InChI is InChI=1S/C10H14N6OS/c1-7-8(13-6-12-7)5-18-3-2-11-10-15-9(17)4-14-16-10/h4,6H,2-3,5H2,1H3,(H,12,13)(H2,11,15,16,17). The third-order valence-corrected chi connectivity index (χ3v) is 3.27. The molecule has 0 radical (unpaired) electrons. The van der Waals surface area contributed by atoms with Crippen molar-refractivity contribution in [3.05, 3.63) is 34.3 Å². The third-order valence-electron chi connectivity index (χ3n) is 2.29. The molecule has 0 unspecified atom stereocenters. The average Bonchev–Trinajstić information content (AvgIpc) is 2.75. The highest BCUT2D eigenvalue weighted by molar-refractivity contribution is 7.98. The Morgan fingerprint density at radius 1 is 1.50 bits per heavy atom. The smallest absolute Gasteiger partial charge is 0.293 e. The van der Waals surface area contributed by atoms with Gasteiger partial charge >= 0.3 is 0 Å². The van der Waals surface area contributed by atoms with Gasteiger partial charge in [0.2, 0.25) is 5.95 Å². The third kappa shape index (κ3) is 3.59. The summed E-state index contributed by atoms with van der Waals surface area (Å²) in [6.45, 7) is 2.70. The van der Waals surface area contributed by atoms with E-state index in [4.69, 9.17) is 0 Å². The Morgan fingerprint density at radius 2 is 2.39 bits per heavy atom. The van der Waals surface area contributed by atoms with Gasteiger partial charge in [-0.05, 0) is 6.92 Å². The topological polar surface area (TPSA) is 99.3 Å². The Morgan fingerprint density at radius 3 is 3.11 bits per heavy atom. The molecular weight excluding hydrogens is 252 g/mol. The number of nitrogens with zero attached hydrogens (tertiary/aromatic N) is 3. The molecule has 0 aliphatic carbocycles. The summed E-state index contributed by atoms with van der Waals surface area (Å²) in [4.78, 5) is 21.9. The Bertz CT molecular complexity index is 551. The molecule has 8 heteroatoms. The van der Waals surface area contributed by atoms with Gasteiger partial charge in [0.05, 0.1) is 12.0 Å². The van der Waals surface area contributed by atoms with Crippen molar-refractivity contribution < 1.29 is 0 Å². The second-order valence-electron chi connectivity index (χ2n) is 3.61. The number of anilines is 1. The minimum atomic E-state index is -0.350. The number of aromatic nitrogens is 5. The predicted molar refractivity (Wildman–Crippen MR) is 70.6 cm³/mol. The van der Waals surface area contributed by atoms with Gasteiger partial charge in [0, 0.05) is 23.7 Å². The van der Waals surface area contributed by atoms with Crippen molar-refractivity contribution in [3.63, 3.8) is 0 Å². The maximum Gasteiger partial charge on any atom is 0.293 e. The minimum absolute atomic E-state index is 0.350. The van der Waals surface area contributed by atoms with Crippen LogP contribution in [0.15, 0.2) is 17.3 Å². The Labute approximate surface area is 108 Å². The fourth-order valence-electron chi connectivity index (χ4n) is 1.34. The number of thioether (sulfide) groups is 1. The summed E-state index contributed by atoms with van der Waals surface area (Å²) >= 11 is 1.77. The molecule has 2 aromatic rings. The quantitative estimate of drug-likeness (QED) is 0.660. The average molecular weight is 266 g/mol. The largest absolute Gasteiger partial charge is 0.354 e. The molecule has 0 atom stereocenters. The van der Waals surface area contributed by atoms with Crippen LogP contribution in [0.3, 0.4) is 0 Å². The van der Waals surface area contributed by atoms with Crippen LogP contribution in [0.25, 0.3) is 0 Å². The van der Waals surface area contributed by atoms with Gasteiger partial charge < -0.3 is 10.3 Å². The van der Waals surface area contributed by atoms with Crippen LogP contribution in [0, 0.1) is 6.92 Å². The molecule has 7 nitrogen and oxygen atoms in total. The van der Waals surface area contributed by atoms with Gasteiger partial charge in [0.15, 0.2) is 0 Å². The van der Waals surface area contributed by atoms with Crippen molar-refractivity contribution in [2.45, 2.75) is 12.7 Å². The summed E-state index contributed by atoms with van der Waals surface area (Å²) in [5.41, 5.74) is 1.83. The molecule has 3 N–H and O–H groups in total. The second-order valence-corrected chi connectivity index (χ2v) is 4.72. The van der Waals surface area contributed by atoms with Crippen molar-refractivity contribution in [1.82, 2.24) is 25.1 Å². The van der Waals surface area contributed by atoms with Crippen LogP contribution in [-0.4, -0.2) is 37.4 Å². The summed E-state index contributed by atoms with van der Waals surface area (Å²) in [6.07, 6.45) is 2.84. The fourth-order valence-corrected chi connectivity index (χ4v) is 2.23. The summed E-state index contributed by atoms with van der Waals surface area (Å²) in [5.74, 6) is 2.20. The maximum atomic E-state index is 10.9. The van der Waals surface area contributed by atoms with E-state index in [1.807, 2.05) is 6.92 Å². The van der Waals surface area contributed by atoms with E-state index in [1.54, 1.807) is 18.1 Å². The zero-order chi connectivity index (χ0) is 12.8. The van der Waals surface area contributed by atoms with Gasteiger partial charge in [-0.15, -0.1) is 0 Å². The van der Waals surface area contributed by atoms with E-state index in [0.29, 0.717) is 12.5 Å². The molecule has 0 amide bonds. The number of nitrogens with one attached hydrogen (secondary N) is 3. The molecule has 2 heterocycles. The highest BCUT2D eigenvalue weighted by atomic mass is 32.2. The van der Waals surface area contributed by atoms with Gasteiger partial charge in [0.1, 0.15) is 6.20 Å². The lowest BCUT2D eigenvalue weighted by Crippen LogP contribution is -2.14. The highest BCUT2D eigenvalue weighted by Gasteiger charge is 2.00. The number of hydrogen-bond donors (Lipinski definition) is 3. The van der Waals surface area contributed by atoms with Gasteiger partial charge in [0.25, 0.3) is 5.56 Å². The molecule has 0 saturated heterocycles. The molecule has 18 heavy (non-hydrogen) atoms. The molecule has 0 spiro atoms. The van der Waals surface area contributed by atoms with Crippen LogP contribution in [0.5, 0.6) is 0 Å². The van der Waals surface area contributed by atoms with Crippen LogP contribution in [-0.2, 0) is 5.75 Å². The monoisotopic (exact) mass is 266 g/mol. The zero-order valence-corrected chi connectivity index (χ0v) is 10.8. The van der Waals surface area contributed by atoms with E-state index in [0.717, 1.165) is 29.1 Å². The van der Waals surface area contributed by atoms with E-state index in [9.17, 15) is 4.79 Å². The first-order chi connectivity index (χ1) is 8.75. The van der Waals surface area contributed by atoms with E-state index in [1.165, 1.54) is 0 Å². The summed E-state index contributed by atoms with van der Waals surface area (Å²) in [6, 6.07) is 0. The molecule has 96 valence electrons. The first-order valence-corrected chi connectivity index (χ1v) is 6.63. The van der Waals surface area contributed by atoms with Gasteiger partial charge in [-0.1, -0.05) is 0 Å². The number of hydrogen-bond acceptors (Lipinski definition) is 6. The Balaban J connectivity index is 1.68. The van der Waals surface area contributed by atoms with Crippen molar-refractivity contribution in [2.75, 3.05) is 17.6 Å². The molecule has 0 fully saturated rings. The van der Waals surface area contributed by atoms with E-state index in [2.05, 4.69) is 30.5 Å². The Kier molecular flexibility index (Phi) is 4.35. The summed E-state index contributed by atoms with van der Waals surface area (Å²) < 4.78 is 0. The second kappa shape index (κ2) is 6.20. The zero-order valence-electron chi connectivity index (χ0n) is 9.93. The first kappa shape index (κ1) is 12.6. The van der Waals surface area contributed by atoms with Gasteiger partial charge in [-0.2, -0.15) is 21.8 Å². The van der Waals surface area contributed by atoms with Gasteiger partial charge in [-0.25, -0.2) is 10.1 Å². The molecule has 0 aliphatic rings. The van der Waals surface area contributed by atoms with Crippen molar-refractivity contribution >= 4 is 17.7 Å². The number of rotatable bonds is 6. The van der Waals surface area contributed by atoms with Crippen LogP contribution in [0.2, 0.25) is 0 Å². The molecule has 0 saturated carbocycles. The van der Waals surface area contributed by atoms with Crippen LogP contribution in [0.1, 0.15) is 11.4 Å². The van der Waals surface area contributed by atoms with Crippen molar-refractivity contribution in [3.8, 4) is 0 Å². The van der Waals surface area contributed by atoms with E-state index >= 15 is 0 Å². The first-order valence-electron chi connectivity index (χ1n) is 5.48. The number of imidazole rings is 1. The minimum Gasteiger partial charge on any atom is -0.354 e. The lowest BCUT2D eigenvalue weighted by molar-refractivity contribution is 0.934. The molecule has 0 bridgehead atoms. The predicted octanol–water partition coefficient (Wildman–Crippen LogP) is 0.542. The van der Waals surface area contributed by atoms with E-state index in [-0.39, 0.29) is 5.56 Å². The fraction of sp³-hybridized carbons (Fsp3) is 0.400. The molecular formula is C10H14N6OS. The Hall–Kier alpha value is -1.83. The van der Waals surface area contributed by atoms with Crippen LogP contribution < -0.4 is 10.9 Å². The van der Waals surface area contributed by atoms with Crippen LogP contribution >= 0.6 is 11.8 Å². The number of aryl methyl sites for hydroxylation is 1. The maximum absolute atomic E-state index is 10.9. The lowest BCUT2D eigenvalue weighted by Gasteiger charge is -2.03. The normalized spacial score (nSPS) is 10.5. The molecule has 0 aliphatic heterocycles.